The second-order valence-corrected chi connectivity index (χ2v) is 11.4. The van der Waals surface area contributed by atoms with Gasteiger partial charge in [-0.3, -0.25) is 0 Å². The van der Waals surface area contributed by atoms with Crippen molar-refractivity contribution < 1.29 is 14.2 Å². The van der Waals surface area contributed by atoms with Crippen LogP contribution in [0.15, 0.2) is 24.5 Å². The van der Waals surface area contributed by atoms with E-state index in [1.165, 1.54) is 31.3 Å². The predicted octanol–water partition coefficient (Wildman–Crippen LogP) is 5.61. The molecule has 0 aromatic heterocycles. The van der Waals surface area contributed by atoms with Crippen LogP contribution in [0, 0.1) is 28.6 Å². The molecule has 5 aliphatic rings. The molecule has 5 rings (SSSR count). The third kappa shape index (κ3) is 2.28. The van der Waals surface area contributed by atoms with E-state index in [1.54, 1.807) is 0 Å². The quantitative estimate of drug-likeness (QED) is 0.560. The van der Waals surface area contributed by atoms with E-state index in [0.29, 0.717) is 23.4 Å². The first kappa shape index (κ1) is 18.2. The Morgan fingerprint density at radius 1 is 1.15 bits per heavy atom. The molecule has 0 unspecified atom stereocenters. The zero-order valence-corrected chi connectivity index (χ0v) is 17.7. The minimum absolute atomic E-state index is 0.0654. The van der Waals surface area contributed by atoms with Gasteiger partial charge in [-0.2, -0.15) is 0 Å². The molecule has 4 fully saturated rings. The van der Waals surface area contributed by atoms with E-state index in [4.69, 9.17) is 14.2 Å². The van der Waals surface area contributed by atoms with Gasteiger partial charge >= 0.3 is 0 Å². The average molecular weight is 373 g/mol. The molecule has 3 saturated carbocycles. The SMILES string of the molecule is C=C1C[C@H]2[C@@H]3CC[C@H](OC(C)(C)C)[C@@]3(C)CC[C@@H]2[C@@]2(C)C[C@@H]3OC=C[C@]12O3. The van der Waals surface area contributed by atoms with Crippen LogP contribution >= 0.6 is 0 Å². The van der Waals surface area contributed by atoms with E-state index >= 15 is 0 Å². The summed E-state index contributed by atoms with van der Waals surface area (Å²) in [6.07, 6.45) is 11.5. The van der Waals surface area contributed by atoms with Gasteiger partial charge in [0.25, 0.3) is 0 Å². The lowest BCUT2D eigenvalue weighted by molar-refractivity contribution is -0.171. The maximum absolute atomic E-state index is 6.58. The molecule has 27 heavy (non-hydrogen) atoms. The lowest BCUT2D eigenvalue weighted by Gasteiger charge is -2.60. The van der Waals surface area contributed by atoms with Crippen LogP contribution in [0.5, 0.6) is 0 Å². The second-order valence-electron chi connectivity index (χ2n) is 11.4. The Morgan fingerprint density at radius 2 is 1.93 bits per heavy atom. The van der Waals surface area contributed by atoms with Gasteiger partial charge in [0.05, 0.1) is 18.0 Å². The highest BCUT2D eigenvalue weighted by atomic mass is 16.7. The Labute approximate surface area is 164 Å². The minimum atomic E-state index is -0.301. The van der Waals surface area contributed by atoms with Crippen LogP contribution in [-0.2, 0) is 14.2 Å². The molecule has 0 radical (unpaired) electrons. The second kappa shape index (κ2) is 5.42. The van der Waals surface area contributed by atoms with Crippen molar-refractivity contribution in [3.05, 3.63) is 24.5 Å². The van der Waals surface area contributed by atoms with Crippen molar-refractivity contribution in [1.82, 2.24) is 0 Å². The normalized spacial score (nSPS) is 53.5. The van der Waals surface area contributed by atoms with Gasteiger partial charge in [-0.15, -0.1) is 0 Å². The first-order chi connectivity index (χ1) is 12.6. The minimum Gasteiger partial charge on any atom is -0.473 e. The van der Waals surface area contributed by atoms with E-state index in [9.17, 15) is 0 Å². The van der Waals surface area contributed by atoms with Crippen molar-refractivity contribution in [2.24, 2.45) is 28.6 Å². The molecule has 0 amide bonds. The Kier molecular flexibility index (Phi) is 3.66. The molecule has 1 saturated heterocycles. The first-order valence-corrected chi connectivity index (χ1v) is 11.0. The summed E-state index contributed by atoms with van der Waals surface area (Å²) in [6, 6.07) is 0. The smallest absolute Gasteiger partial charge is 0.200 e. The summed E-state index contributed by atoms with van der Waals surface area (Å²) in [5, 5.41) is 0. The van der Waals surface area contributed by atoms with E-state index < -0.39 is 0 Å². The fraction of sp³-hybridized carbons (Fsp3) is 0.833. The highest BCUT2D eigenvalue weighted by molar-refractivity contribution is 5.36. The van der Waals surface area contributed by atoms with Crippen LogP contribution in [0.3, 0.4) is 0 Å². The molecule has 0 N–H and O–H groups in total. The summed E-state index contributed by atoms with van der Waals surface area (Å²) in [7, 11) is 0. The zero-order valence-electron chi connectivity index (χ0n) is 17.7. The van der Waals surface area contributed by atoms with E-state index in [1.807, 2.05) is 6.26 Å². The largest absolute Gasteiger partial charge is 0.473 e. The van der Waals surface area contributed by atoms with Gasteiger partial charge in [0, 0.05) is 11.8 Å². The Balaban J connectivity index is 1.49. The molecule has 1 spiro atoms. The van der Waals surface area contributed by atoms with Crippen LogP contribution in [0.1, 0.15) is 73.1 Å². The van der Waals surface area contributed by atoms with Crippen molar-refractivity contribution in [3.8, 4) is 0 Å². The fourth-order valence-corrected chi connectivity index (χ4v) is 7.81. The van der Waals surface area contributed by atoms with Crippen LogP contribution in [-0.4, -0.2) is 23.6 Å². The van der Waals surface area contributed by atoms with Crippen molar-refractivity contribution in [3.63, 3.8) is 0 Å². The van der Waals surface area contributed by atoms with Crippen LogP contribution in [0.4, 0.5) is 0 Å². The van der Waals surface area contributed by atoms with Crippen LogP contribution in [0.2, 0.25) is 0 Å². The molecule has 150 valence electrons. The number of rotatable bonds is 1. The van der Waals surface area contributed by atoms with E-state index in [2.05, 4.69) is 47.3 Å². The highest BCUT2D eigenvalue weighted by Crippen LogP contribution is 2.70. The molecular formula is C24H36O3. The van der Waals surface area contributed by atoms with Gasteiger partial charge in [0.1, 0.15) is 5.60 Å². The molecule has 2 aliphatic heterocycles. The molecule has 2 bridgehead atoms. The van der Waals surface area contributed by atoms with Gasteiger partial charge < -0.3 is 14.2 Å². The molecule has 3 heteroatoms. The highest BCUT2D eigenvalue weighted by Gasteiger charge is 2.69. The molecule has 2 heterocycles. The van der Waals surface area contributed by atoms with Gasteiger partial charge in [-0.1, -0.05) is 20.4 Å². The first-order valence-electron chi connectivity index (χ1n) is 11.0. The number of ether oxygens (including phenoxy) is 3. The average Bonchev–Trinajstić information content (AvgIpc) is 2.99. The molecule has 0 aromatic rings. The maximum atomic E-state index is 6.58. The Morgan fingerprint density at radius 3 is 2.67 bits per heavy atom. The number of hydrogen-bond acceptors (Lipinski definition) is 3. The van der Waals surface area contributed by atoms with Gasteiger partial charge in [0.15, 0.2) is 0 Å². The van der Waals surface area contributed by atoms with Gasteiger partial charge in [-0.05, 0) is 87.7 Å². The topological polar surface area (TPSA) is 27.7 Å². The lowest BCUT2D eigenvalue weighted by Crippen LogP contribution is -2.59. The summed E-state index contributed by atoms with van der Waals surface area (Å²) >= 11 is 0. The third-order valence-electron chi connectivity index (χ3n) is 8.96. The summed E-state index contributed by atoms with van der Waals surface area (Å²) in [6.45, 7) is 16.1. The molecule has 3 nitrogen and oxygen atoms in total. The van der Waals surface area contributed by atoms with Crippen LogP contribution < -0.4 is 0 Å². The number of hydrogen-bond donors (Lipinski definition) is 0. The molecular weight excluding hydrogens is 336 g/mol. The van der Waals surface area contributed by atoms with Gasteiger partial charge in [0.2, 0.25) is 6.29 Å². The summed E-state index contributed by atoms with van der Waals surface area (Å²) < 4.78 is 18.8. The van der Waals surface area contributed by atoms with E-state index in [0.717, 1.165) is 18.8 Å². The Bertz CT molecular complexity index is 690. The van der Waals surface area contributed by atoms with Crippen molar-refractivity contribution >= 4 is 0 Å². The standard InChI is InChI=1S/C24H36O3/c1-15-13-16-17-7-8-19(26-21(2,3)4)22(17,5)10-9-18(16)23(6)14-20-25-12-11-24(15,23)27-20/h11-12,16-20H,1,7-10,13-14H2,2-6H3/t16-,17-,18-,19-,20+,22-,23+,24-/m0/s1. The van der Waals surface area contributed by atoms with Crippen molar-refractivity contribution in [2.45, 2.75) is 96.7 Å². The van der Waals surface area contributed by atoms with Crippen LogP contribution in [0.25, 0.3) is 0 Å². The maximum Gasteiger partial charge on any atom is 0.200 e. The third-order valence-corrected chi connectivity index (χ3v) is 8.96. The number of fused-ring (bicyclic) bond motifs is 5. The zero-order chi connectivity index (χ0) is 19.2. The summed E-state index contributed by atoms with van der Waals surface area (Å²) in [5.74, 6) is 2.13. The van der Waals surface area contributed by atoms with Crippen molar-refractivity contribution in [2.75, 3.05) is 0 Å². The van der Waals surface area contributed by atoms with Gasteiger partial charge in [-0.25, -0.2) is 0 Å². The molecule has 8 atom stereocenters. The monoisotopic (exact) mass is 372 g/mol. The lowest BCUT2D eigenvalue weighted by atomic mass is 9.45. The summed E-state index contributed by atoms with van der Waals surface area (Å²) in [5.41, 5.74) is 1.32. The van der Waals surface area contributed by atoms with Crippen molar-refractivity contribution in [1.29, 1.82) is 0 Å². The fourth-order valence-electron chi connectivity index (χ4n) is 7.81. The molecule has 3 aliphatic carbocycles. The van der Waals surface area contributed by atoms with E-state index in [-0.39, 0.29) is 22.9 Å². The Hall–Kier alpha value is -0.800. The predicted molar refractivity (Wildman–Crippen MR) is 106 cm³/mol. The summed E-state index contributed by atoms with van der Waals surface area (Å²) in [4.78, 5) is 0. The molecule has 0 aromatic carbocycles.